The van der Waals surface area contributed by atoms with Crippen LogP contribution < -0.4 is 10.1 Å². The number of benzene rings is 2. The average molecular weight is 306 g/mol. The minimum atomic E-state index is 0.464. The zero-order valence-electron chi connectivity index (χ0n) is 10.5. The Bertz CT molecular complexity index is 540. The maximum absolute atomic E-state index is 5.69. The van der Waals surface area contributed by atoms with Crippen LogP contribution in [0, 0.1) is 13.8 Å². The molecule has 0 heterocycles. The van der Waals surface area contributed by atoms with Crippen molar-refractivity contribution in [2.24, 2.45) is 0 Å². The average Bonchev–Trinajstić information content (AvgIpc) is 2.36. The zero-order valence-corrected chi connectivity index (χ0v) is 12.1. The number of anilines is 1. The van der Waals surface area contributed by atoms with Crippen molar-refractivity contribution >= 4 is 21.6 Å². The van der Waals surface area contributed by atoms with Gasteiger partial charge in [-0.25, -0.2) is 0 Å². The molecule has 2 rings (SSSR count). The van der Waals surface area contributed by atoms with Crippen LogP contribution in [0.2, 0.25) is 0 Å². The first-order valence-electron chi connectivity index (χ1n) is 5.85. The Morgan fingerprint density at radius 3 is 2.56 bits per heavy atom. The number of aryl methyl sites for hydroxylation is 2. The lowest BCUT2D eigenvalue weighted by atomic mass is 10.2. The Hall–Kier alpha value is -1.48. The topological polar surface area (TPSA) is 21.3 Å². The number of nitrogens with one attached hydrogen (secondary N) is 1. The fraction of sp³-hybridized carbons (Fsp3) is 0.200. The van der Waals surface area contributed by atoms with E-state index >= 15 is 0 Å². The molecule has 94 valence electrons. The van der Waals surface area contributed by atoms with Gasteiger partial charge in [-0.2, -0.15) is 0 Å². The molecule has 0 aliphatic heterocycles. The van der Waals surface area contributed by atoms with Crippen LogP contribution in [-0.2, 0) is 0 Å². The van der Waals surface area contributed by atoms with E-state index in [1.54, 1.807) is 0 Å². The molecule has 2 nitrogen and oxygen atoms in total. The van der Waals surface area contributed by atoms with E-state index < -0.39 is 0 Å². The Labute approximate surface area is 116 Å². The first-order chi connectivity index (χ1) is 8.66. The molecule has 2 aromatic carbocycles. The zero-order chi connectivity index (χ0) is 13.0. The second-order valence-electron chi connectivity index (χ2n) is 4.19. The highest BCUT2D eigenvalue weighted by Crippen LogP contribution is 2.20. The summed E-state index contributed by atoms with van der Waals surface area (Å²) in [5.74, 6) is 0.916. The molecule has 0 saturated heterocycles. The minimum absolute atomic E-state index is 0.464. The van der Waals surface area contributed by atoms with Gasteiger partial charge in [0.25, 0.3) is 0 Å². The summed E-state index contributed by atoms with van der Waals surface area (Å²) >= 11 is 3.48. The monoisotopic (exact) mass is 305 g/mol. The molecule has 0 aliphatic rings. The van der Waals surface area contributed by atoms with E-state index in [9.17, 15) is 0 Å². The molecule has 0 amide bonds. The summed E-state index contributed by atoms with van der Waals surface area (Å²) < 4.78 is 6.81. The van der Waals surface area contributed by atoms with Gasteiger partial charge < -0.3 is 10.1 Å². The molecular weight excluding hydrogens is 290 g/mol. The third-order valence-corrected chi connectivity index (χ3v) is 3.65. The SMILES string of the molecule is Cc1cc(NCOc2ccccc2C)ccc1Br. The Morgan fingerprint density at radius 1 is 1.06 bits per heavy atom. The second kappa shape index (κ2) is 5.91. The molecule has 3 heteroatoms. The quantitative estimate of drug-likeness (QED) is 0.839. The van der Waals surface area contributed by atoms with Crippen molar-refractivity contribution in [2.75, 3.05) is 12.0 Å². The van der Waals surface area contributed by atoms with Crippen molar-refractivity contribution < 1.29 is 4.74 Å². The van der Waals surface area contributed by atoms with Gasteiger partial charge in [0.2, 0.25) is 0 Å². The maximum Gasteiger partial charge on any atom is 0.159 e. The van der Waals surface area contributed by atoms with E-state index in [1.165, 1.54) is 5.56 Å². The van der Waals surface area contributed by atoms with Crippen LogP contribution in [0.25, 0.3) is 0 Å². The van der Waals surface area contributed by atoms with Crippen molar-refractivity contribution in [3.8, 4) is 5.75 Å². The minimum Gasteiger partial charge on any atom is -0.473 e. The van der Waals surface area contributed by atoms with Gasteiger partial charge in [0, 0.05) is 10.2 Å². The first kappa shape index (κ1) is 13.0. The number of para-hydroxylation sites is 1. The summed E-state index contributed by atoms with van der Waals surface area (Å²) in [6.07, 6.45) is 0. The van der Waals surface area contributed by atoms with Crippen LogP contribution in [-0.4, -0.2) is 6.73 Å². The van der Waals surface area contributed by atoms with E-state index in [4.69, 9.17) is 4.74 Å². The fourth-order valence-corrected chi connectivity index (χ4v) is 1.92. The summed E-state index contributed by atoms with van der Waals surface area (Å²) in [5.41, 5.74) is 3.41. The number of hydrogen-bond acceptors (Lipinski definition) is 2. The molecule has 0 spiro atoms. The Morgan fingerprint density at radius 2 is 1.83 bits per heavy atom. The smallest absolute Gasteiger partial charge is 0.159 e. The number of hydrogen-bond donors (Lipinski definition) is 1. The van der Waals surface area contributed by atoms with Gasteiger partial charge in [0.15, 0.2) is 6.73 Å². The molecular formula is C15H16BrNO. The molecule has 0 fully saturated rings. The van der Waals surface area contributed by atoms with Crippen LogP contribution in [0.1, 0.15) is 11.1 Å². The molecule has 18 heavy (non-hydrogen) atoms. The summed E-state index contributed by atoms with van der Waals surface area (Å²) in [4.78, 5) is 0. The van der Waals surface area contributed by atoms with Crippen LogP contribution in [0.3, 0.4) is 0 Å². The molecule has 0 aliphatic carbocycles. The molecule has 0 saturated carbocycles. The normalized spacial score (nSPS) is 10.2. The van der Waals surface area contributed by atoms with Crippen molar-refractivity contribution in [3.63, 3.8) is 0 Å². The van der Waals surface area contributed by atoms with E-state index in [0.29, 0.717) is 6.73 Å². The Balaban J connectivity index is 1.92. The van der Waals surface area contributed by atoms with E-state index in [1.807, 2.05) is 43.3 Å². The van der Waals surface area contributed by atoms with Gasteiger partial charge in [-0.1, -0.05) is 34.1 Å². The highest BCUT2D eigenvalue weighted by atomic mass is 79.9. The standard InChI is InChI=1S/C15H16BrNO/c1-11-5-3-4-6-15(11)18-10-17-13-7-8-14(16)12(2)9-13/h3-9,17H,10H2,1-2H3. The predicted molar refractivity (Wildman–Crippen MR) is 79.2 cm³/mol. The molecule has 1 N–H and O–H groups in total. The summed E-state index contributed by atoms with van der Waals surface area (Å²) in [6, 6.07) is 14.2. The summed E-state index contributed by atoms with van der Waals surface area (Å²) in [5, 5.41) is 3.25. The van der Waals surface area contributed by atoms with Gasteiger partial charge in [-0.15, -0.1) is 0 Å². The van der Waals surface area contributed by atoms with Crippen molar-refractivity contribution in [3.05, 3.63) is 58.1 Å². The lowest BCUT2D eigenvalue weighted by molar-refractivity contribution is 0.344. The third-order valence-electron chi connectivity index (χ3n) is 2.76. The van der Waals surface area contributed by atoms with Crippen molar-refractivity contribution in [1.82, 2.24) is 0 Å². The third kappa shape index (κ3) is 3.26. The predicted octanol–water partition coefficient (Wildman–Crippen LogP) is 4.51. The summed E-state index contributed by atoms with van der Waals surface area (Å²) in [7, 11) is 0. The molecule has 0 radical (unpaired) electrons. The first-order valence-corrected chi connectivity index (χ1v) is 6.64. The maximum atomic E-state index is 5.69. The fourth-order valence-electron chi connectivity index (χ4n) is 1.67. The Kier molecular flexibility index (Phi) is 4.26. The van der Waals surface area contributed by atoms with Gasteiger partial charge in [0.05, 0.1) is 0 Å². The van der Waals surface area contributed by atoms with E-state index in [2.05, 4.69) is 34.2 Å². The van der Waals surface area contributed by atoms with E-state index in [-0.39, 0.29) is 0 Å². The van der Waals surface area contributed by atoms with Crippen LogP contribution in [0.15, 0.2) is 46.9 Å². The van der Waals surface area contributed by atoms with Crippen molar-refractivity contribution in [2.45, 2.75) is 13.8 Å². The van der Waals surface area contributed by atoms with E-state index in [0.717, 1.165) is 21.5 Å². The second-order valence-corrected chi connectivity index (χ2v) is 5.05. The molecule has 0 bridgehead atoms. The van der Waals surface area contributed by atoms with Crippen LogP contribution in [0.5, 0.6) is 5.75 Å². The highest BCUT2D eigenvalue weighted by Gasteiger charge is 1.99. The molecule has 0 aromatic heterocycles. The van der Waals surface area contributed by atoms with Gasteiger partial charge >= 0.3 is 0 Å². The van der Waals surface area contributed by atoms with Crippen molar-refractivity contribution in [1.29, 1.82) is 0 Å². The van der Waals surface area contributed by atoms with Gasteiger partial charge in [-0.3, -0.25) is 0 Å². The lowest BCUT2D eigenvalue weighted by Gasteiger charge is -2.11. The van der Waals surface area contributed by atoms with Gasteiger partial charge in [0.1, 0.15) is 5.75 Å². The largest absolute Gasteiger partial charge is 0.473 e. The number of halogens is 1. The number of ether oxygens (including phenoxy) is 1. The number of rotatable bonds is 4. The van der Waals surface area contributed by atoms with Crippen LogP contribution in [0.4, 0.5) is 5.69 Å². The molecule has 2 aromatic rings. The molecule has 0 atom stereocenters. The van der Waals surface area contributed by atoms with Gasteiger partial charge in [-0.05, 0) is 49.2 Å². The molecule has 0 unspecified atom stereocenters. The lowest BCUT2D eigenvalue weighted by Crippen LogP contribution is -2.09. The summed E-state index contributed by atoms with van der Waals surface area (Å²) in [6.45, 7) is 4.57. The highest BCUT2D eigenvalue weighted by molar-refractivity contribution is 9.10. The van der Waals surface area contributed by atoms with Crippen LogP contribution >= 0.6 is 15.9 Å².